The highest BCUT2D eigenvalue weighted by Gasteiger charge is 2.30. The van der Waals surface area contributed by atoms with Crippen molar-refractivity contribution in [1.29, 1.82) is 0 Å². The Morgan fingerprint density at radius 1 is 1.25 bits per heavy atom. The van der Waals surface area contributed by atoms with Crippen LogP contribution in [-0.2, 0) is 21.4 Å². The Morgan fingerprint density at radius 2 is 2.07 bits per heavy atom. The van der Waals surface area contributed by atoms with Gasteiger partial charge in [-0.25, -0.2) is 13.1 Å². The number of hydrogen-bond donors (Lipinski definition) is 1. The van der Waals surface area contributed by atoms with Crippen LogP contribution in [0.1, 0.15) is 5.56 Å². The first kappa shape index (κ1) is 18.5. The molecular formula is C18H16ClN5O3S. The summed E-state index contributed by atoms with van der Waals surface area (Å²) in [5, 5.41) is 7.61. The normalized spacial score (nSPS) is 17.5. The predicted octanol–water partition coefficient (Wildman–Crippen LogP) is 2.02. The second-order valence-corrected chi connectivity index (χ2v) is 8.40. The van der Waals surface area contributed by atoms with Crippen LogP contribution >= 0.6 is 11.6 Å². The van der Waals surface area contributed by atoms with Crippen molar-refractivity contribution >= 4 is 39.2 Å². The summed E-state index contributed by atoms with van der Waals surface area (Å²) < 4.78 is 29.1. The number of nitrogens with zero attached hydrogens (tertiary/aromatic N) is 4. The van der Waals surface area contributed by atoms with Crippen LogP contribution in [0.15, 0.2) is 64.9 Å². The molecule has 1 N–H and O–H groups in total. The Morgan fingerprint density at radius 3 is 2.89 bits per heavy atom. The Hall–Kier alpha value is -2.91. The van der Waals surface area contributed by atoms with E-state index in [0.717, 1.165) is 5.56 Å². The summed E-state index contributed by atoms with van der Waals surface area (Å²) in [4.78, 5) is 14.5. The fourth-order valence-electron chi connectivity index (χ4n) is 2.93. The molecule has 1 aromatic heterocycles. The molecule has 0 aliphatic carbocycles. The van der Waals surface area contributed by atoms with Crippen LogP contribution in [0, 0.1) is 0 Å². The monoisotopic (exact) mass is 417 g/mol. The number of carbonyl (C=O) groups excluding carboxylic acids is 1. The van der Waals surface area contributed by atoms with Crippen molar-refractivity contribution in [3.05, 3.63) is 71.0 Å². The van der Waals surface area contributed by atoms with E-state index in [4.69, 9.17) is 11.6 Å². The molecule has 2 aliphatic heterocycles. The minimum Gasteiger partial charge on any atom is -0.331 e. The average Bonchev–Trinajstić information content (AvgIpc) is 3.09. The Labute approximate surface area is 166 Å². The van der Waals surface area contributed by atoms with Crippen LogP contribution in [0.25, 0.3) is 0 Å². The molecule has 4 rings (SSSR count). The fraction of sp³-hybridized carbons (Fsp3) is 0.167. The molecule has 0 bridgehead atoms. The van der Waals surface area contributed by atoms with Crippen molar-refractivity contribution in [2.75, 3.05) is 17.6 Å². The molecule has 1 aromatic carbocycles. The second kappa shape index (κ2) is 7.25. The Kier molecular flexibility index (Phi) is 4.78. The topological polar surface area (TPSA) is 96.7 Å². The third-order valence-electron chi connectivity index (χ3n) is 4.34. The zero-order valence-electron chi connectivity index (χ0n) is 14.6. The highest BCUT2D eigenvalue weighted by molar-refractivity contribution is 7.90. The van der Waals surface area contributed by atoms with Crippen LogP contribution in [0.4, 0.5) is 5.82 Å². The summed E-state index contributed by atoms with van der Waals surface area (Å²) in [6.07, 6.45) is 6.50. The van der Waals surface area contributed by atoms with Crippen LogP contribution in [0.5, 0.6) is 0 Å². The fourth-order valence-corrected chi connectivity index (χ4v) is 4.11. The lowest BCUT2D eigenvalue weighted by atomic mass is 10.1. The highest BCUT2D eigenvalue weighted by Crippen LogP contribution is 2.21. The highest BCUT2D eigenvalue weighted by atomic mass is 35.5. The Bertz CT molecular complexity index is 1130. The molecule has 28 heavy (non-hydrogen) atoms. The molecule has 3 heterocycles. The van der Waals surface area contributed by atoms with Crippen LogP contribution in [-0.4, -0.2) is 47.1 Å². The van der Waals surface area contributed by atoms with Gasteiger partial charge in [0.05, 0.1) is 24.1 Å². The molecule has 0 radical (unpaired) electrons. The van der Waals surface area contributed by atoms with Crippen LogP contribution < -0.4 is 5.32 Å². The first-order valence-corrected chi connectivity index (χ1v) is 10.5. The summed E-state index contributed by atoms with van der Waals surface area (Å²) in [5.74, 6) is 0.0427. The number of carbonyl (C=O) groups is 1. The zero-order valence-corrected chi connectivity index (χ0v) is 16.2. The minimum atomic E-state index is -3.58. The number of nitrogens with one attached hydrogen (secondary N) is 1. The molecule has 10 heteroatoms. The number of benzene rings is 1. The van der Waals surface area contributed by atoms with Gasteiger partial charge in [-0.1, -0.05) is 29.8 Å². The van der Waals surface area contributed by atoms with Gasteiger partial charge in [0.15, 0.2) is 5.84 Å². The molecule has 2 aliphatic rings. The molecule has 8 nitrogen and oxygen atoms in total. The van der Waals surface area contributed by atoms with Gasteiger partial charge in [-0.2, -0.15) is 5.10 Å². The summed E-state index contributed by atoms with van der Waals surface area (Å²) in [6.45, 7) is 0.634. The van der Waals surface area contributed by atoms with E-state index in [-0.39, 0.29) is 23.7 Å². The molecule has 0 unspecified atom stereocenters. The van der Waals surface area contributed by atoms with Crippen LogP contribution in [0.3, 0.4) is 0 Å². The molecular weight excluding hydrogens is 402 g/mol. The van der Waals surface area contributed by atoms with Crippen molar-refractivity contribution < 1.29 is 13.2 Å². The molecule has 144 valence electrons. The number of anilines is 1. The van der Waals surface area contributed by atoms with E-state index in [2.05, 4.69) is 14.8 Å². The first-order chi connectivity index (χ1) is 13.4. The van der Waals surface area contributed by atoms with E-state index in [0.29, 0.717) is 17.4 Å². The number of allylic oxidation sites excluding steroid dienone is 2. The zero-order chi connectivity index (χ0) is 19.7. The number of aromatic nitrogens is 2. The predicted molar refractivity (Wildman–Crippen MR) is 107 cm³/mol. The largest absolute Gasteiger partial charge is 0.331 e. The number of sulfonamides is 1. The van der Waals surface area contributed by atoms with E-state index in [9.17, 15) is 13.2 Å². The van der Waals surface area contributed by atoms with Gasteiger partial charge in [-0.05, 0) is 23.8 Å². The molecule has 2 aromatic rings. The van der Waals surface area contributed by atoms with Gasteiger partial charge in [0.25, 0.3) is 15.9 Å². The maximum absolute atomic E-state index is 12.8. The number of rotatable bonds is 4. The van der Waals surface area contributed by atoms with Gasteiger partial charge in [-0.15, -0.1) is 4.40 Å². The number of hydrogen-bond acceptors (Lipinski definition) is 5. The lowest BCUT2D eigenvalue weighted by molar-refractivity contribution is -0.112. The summed E-state index contributed by atoms with van der Waals surface area (Å²) in [5.41, 5.74) is 1.04. The number of fused-ring (bicyclic) bond motifs is 1. The SMILES string of the molecule is O=C(Nc1ccnn1Cc1ccccc1Cl)C1=CC=CN2CCS(=O)(=O)N=C12. The number of amides is 1. The Balaban J connectivity index is 1.57. The first-order valence-electron chi connectivity index (χ1n) is 8.48. The third kappa shape index (κ3) is 3.71. The van der Waals surface area contributed by atoms with Crippen molar-refractivity contribution in [1.82, 2.24) is 14.7 Å². The number of amidine groups is 1. The maximum atomic E-state index is 12.8. The van der Waals surface area contributed by atoms with Crippen molar-refractivity contribution in [3.8, 4) is 0 Å². The number of halogens is 1. The second-order valence-electron chi connectivity index (χ2n) is 6.24. The van der Waals surface area contributed by atoms with E-state index in [1.54, 1.807) is 46.3 Å². The standard InChI is InChI=1S/C18H16ClN5O3S/c19-15-6-2-1-4-13(15)12-24-16(7-8-20-24)21-18(25)14-5-3-9-23-10-11-28(26,27)22-17(14)23/h1-9H,10-12H2,(H,21,25). The van der Waals surface area contributed by atoms with E-state index in [1.165, 1.54) is 0 Å². The maximum Gasteiger partial charge on any atom is 0.260 e. The van der Waals surface area contributed by atoms with Gasteiger partial charge in [0.2, 0.25) is 0 Å². The van der Waals surface area contributed by atoms with Gasteiger partial charge in [0.1, 0.15) is 5.82 Å². The molecule has 0 saturated carbocycles. The van der Waals surface area contributed by atoms with Crippen molar-refractivity contribution in [2.45, 2.75) is 6.54 Å². The van der Waals surface area contributed by atoms with Gasteiger partial charge in [0, 0.05) is 23.8 Å². The van der Waals surface area contributed by atoms with E-state index < -0.39 is 15.9 Å². The van der Waals surface area contributed by atoms with E-state index in [1.807, 2.05) is 18.2 Å². The lowest BCUT2D eigenvalue weighted by Gasteiger charge is -2.28. The van der Waals surface area contributed by atoms with Crippen LogP contribution in [0.2, 0.25) is 5.02 Å². The van der Waals surface area contributed by atoms with Gasteiger partial charge >= 0.3 is 0 Å². The van der Waals surface area contributed by atoms with Gasteiger partial charge in [-0.3, -0.25) is 4.79 Å². The molecule has 1 amide bonds. The lowest BCUT2D eigenvalue weighted by Crippen LogP contribution is -2.41. The van der Waals surface area contributed by atoms with Crippen molar-refractivity contribution in [2.24, 2.45) is 4.40 Å². The third-order valence-corrected chi connectivity index (χ3v) is 5.86. The quantitative estimate of drug-likeness (QED) is 0.820. The smallest absolute Gasteiger partial charge is 0.260 e. The minimum absolute atomic E-state index is 0.0830. The van der Waals surface area contributed by atoms with Crippen molar-refractivity contribution in [3.63, 3.8) is 0 Å². The van der Waals surface area contributed by atoms with Gasteiger partial charge < -0.3 is 10.2 Å². The molecule has 0 spiro atoms. The van der Waals surface area contributed by atoms with E-state index >= 15 is 0 Å². The summed E-state index contributed by atoms with van der Waals surface area (Å²) in [7, 11) is -3.58. The summed E-state index contributed by atoms with van der Waals surface area (Å²) in [6, 6.07) is 9.03. The summed E-state index contributed by atoms with van der Waals surface area (Å²) >= 11 is 6.20. The molecule has 0 saturated heterocycles. The molecule has 0 atom stereocenters. The average molecular weight is 418 g/mol. The molecule has 0 fully saturated rings.